The number of aryl methyl sites for hydroxylation is 1. The van der Waals surface area contributed by atoms with Crippen LogP contribution in [0, 0.1) is 6.92 Å². The van der Waals surface area contributed by atoms with Gasteiger partial charge in [0.05, 0.1) is 32.2 Å². The van der Waals surface area contributed by atoms with Crippen LogP contribution in [0.15, 0.2) is 84.9 Å². The van der Waals surface area contributed by atoms with Crippen LogP contribution in [-0.2, 0) is 4.79 Å². The number of para-hydroxylation sites is 1. The molecule has 1 amide bonds. The number of hydrogen-bond donors (Lipinski definition) is 2. The Bertz CT molecular complexity index is 911. The van der Waals surface area contributed by atoms with Crippen LogP contribution in [0.25, 0.3) is 0 Å². The van der Waals surface area contributed by atoms with E-state index in [1.54, 1.807) is 0 Å². The van der Waals surface area contributed by atoms with Crippen LogP contribution in [0.3, 0.4) is 0 Å². The van der Waals surface area contributed by atoms with E-state index in [1.807, 2.05) is 36.4 Å². The standard InChI is InChI=1S/C26H29N3O/c1-21-10-8-9-15-24(21)29-18-16-28(17-19-29)20-25(30)27-26(22-11-4-2-5-12-22)23-13-6-3-7-14-23/h2-15,26H,16-20H2,1H3,(H,27,30)/p+1. The molecule has 154 valence electrons. The molecule has 4 nitrogen and oxygen atoms in total. The molecule has 0 aromatic heterocycles. The van der Waals surface area contributed by atoms with E-state index in [-0.39, 0.29) is 11.9 Å². The van der Waals surface area contributed by atoms with Crippen molar-refractivity contribution in [3.8, 4) is 0 Å². The number of quaternary nitrogens is 1. The molecular weight excluding hydrogens is 370 g/mol. The minimum Gasteiger partial charge on any atom is -0.360 e. The number of carbonyl (C=O) groups excluding carboxylic acids is 1. The van der Waals surface area contributed by atoms with E-state index >= 15 is 0 Å². The third kappa shape index (κ3) is 4.89. The number of hydrogen-bond acceptors (Lipinski definition) is 2. The summed E-state index contributed by atoms with van der Waals surface area (Å²) in [6.45, 7) is 6.59. The first-order chi connectivity index (χ1) is 14.7. The van der Waals surface area contributed by atoms with Crippen LogP contribution in [0.5, 0.6) is 0 Å². The van der Waals surface area contributed by atoms with Crippen LogP contribution in [0.2, 0.25) is 0 Å². The van der Waals surface area contributed by atoms with Crippen molar-refractivity contribution in [3.05, 3.63) is 102 Å². The number of rotatable bonds is 6. The highest BCUT2D eigenvalue weighted by molar-refractivity contribution is 5.78. The van der Waals surface area contributed by atoms with Crippen LogP contribution in [0.1, 0.15) is 22.7 Å². The van der Waals surface area contributed by atoms with E-state index < -0.39 is 0 Å². The lowest BCUT2D eigenvalue weighted by Crippen LogP contribution is -3.16. The first-order valence-corrected chi connectivity index (χ1v) is 10.7. The normalized spacial score (nSPS) is 14.7. The molecule has 0 radical (unpaired) electrons. The van der Waals surface area contributed by atoms with E-state index in [0.29, 0.717) is 6.54 Å². The number of nitrogens with one attached hydrogen (secondary N) is 2. The van der Waals surface area contributed by atoms with Gasteiger partial charge in [-0.25, -0.2) is 0 Å². The zero-order chi connectivity index (χ0) is 20.8. The first-order valence-electron chi connectivity index (χ1n) is 10.7. The Balaban J connectivity index is 1.37. The van der Waals surface area contributed by atoms with Gasteiger partial charge in [0.1, 0.15) is 0 Å². The summed E-state index contributed by atoms with van der Waals surface area (Å²) in [5.74, 6) is 0.104. The van der Waals surface area contributed by atoms with Crippen molar-refractivity contribution in [1.82, 2.24) is 5.32 Å². The second-order valence-corrected chi connectivity index (χ2v) is 8.02. The molecule has 0 unspecified atom stereocenters. The summed E-state index contributed by atoms with van der Waals surface area (Å²) in [7, 11) is 0. The summed E-state index contributed by atoms with van der Waals surface area (Å²) in [5, 5.41) is 3.28. The smallest absolute Gasteiger partial charge is 0.275 e. The number of carbonyl (C=O) groups is 1. The Morgan fingerprint density at radius 1 is 0.867 bits per heavy atom. The van der Waals surface area contributed by atoms with Crippen LogP contribution in [0.4, 0.5) is 5.69 Å². The molecule has 4 heteroatoms. The lowest BCUT2D eigenvalue weighted by Gasteiger charge is -2.34. The van der Waals surface area contributed by atoms with Gasteiger partial charge in [-0.1, -0.05) is 78.9 Å². The Morgan fingerprint density at radius 3 is 1.97 bits per heavy atom. The SMILES string of the molecule is Cc1ccccc1N1CC[NH+](CC(=O)NC(c2ccccc2)c2ccccc2)CC1. The second-order valence-electron chi connectivity index (χ2n) is 8.02. The van der Waals surface area contributed by atoms with Crippen LogP contribution >= 0.6 is 0 Å². The molecule has 1 fully saturated rings. The average Bonchev–Trinajstić information content (AvgIpc) is 2.80. The van der Waals surface area contributed by atoms with Gasteiger partial charge in [0.15, 0.2) is 6.54 Å². The maximum absolute atomic E-state index is 12.9. The molecule has 2 N–H and O–H groups in total. The van der Waals surface area contributed by atoms with E-state index in [4.69, 9.17) is 0 Å². The predicted molar refractivity (Wildman–Crippen MR) is 122 cm³/mol. The molecule has 0 atom stereocenters. The molecule has 0 spiro atoms. The molecule has 1 aliphatic rings. The number of piperazine rings is 1. The van der Waals surface area contributed by atoms with Crippen molar-refractivity contribution in [3.63, 3.8) is 0 Å². The van der Waals surface area contributed by atoms with Crippen molar-refractivity contribution in [2.24, 2.45) is 0 Å². The van der Waals surface area contributed by atoms with E-state index in [1.165, 1.54) is 16.2 Å². The quantitative estimate of drug-likeness (QED) is 0.667. The van der Waals surface area contributed by atoms with Gasteiger partial charge in [-0.15, -0.1) is 0 Å². The fourth-order valence-electron chi connectivity index (χ4n) is 4.25. The third-order valence-corrected chi connectivity index (χ3v) is 5.91. The molecule has 3 aromatic rings. The predicted octanol–water partition coefficient (Wildman–Crippen LogP) is 2.61. The van der Waals surface area contributed by atoms with Crippen molar-refractivity contribution in [2.45, 2.75) is 13.0 Å². The Hall–Kier alpha value is -3.11. The second kappa shape index (κ2) is 9.59. The maximum Gasteiger partial charge on any atom is 0.275 e. The molecule has 1 heterocycles. The summed E-state index contributed by atoms with van der Waals surface area (Å²) < 4.78 is 0. The van der Waals surface area contributed by atoms with Gasteiger partial charge in [0.25, 0.3) is 5.91 Å². The Morgan fingerprint density at radius 2 is 1.40 bits per heavy atom. The lowest BCUT2D eigenvalue weighted by atomic mass is 9.99. The number of anilines is 1. The third-order valence-electron chi connectivity index (χ3n) is 5.91. The minimum atomic E-state index is -0.118. The molecule has 3 aromatic carbocycles. The monoisotopic (exact) mass is 400 g/mol. The van der Waals surface area contributed by atoms with E-state index in [2.05, 4.69) is 65.7 Å². The zero-order valence-electron chi connectivity index (χ0n) is 17.6. The van der Waals surface area contributed by atoms with Gasteiger partial charge >= 0.3 is 0 Å². The number of benzene rings is 3. The fourth-order valence-corrected chi connectivity index (χ4v) is 4.25. The van der Waals surface area contributed by atoms with Crippen molar-refractivity contribution in [2.75, 3.05) is 37.6 Å². The molecule has 1 aliphatic heterocycles. The summed E-state index contributed by atoms with van der Waals surface area (Å²) in [6.07, 6.45) is 0. The summed E-state index contributed by atoms with van der Waals surface area (Å²) >= 11 is 0. The molecule has 4 rings (SSSR count). The molecule has 0 bridgehead atoms. The van der Waals surface area contributed by atoms with Gasteiger partial charge < -0.3 is 15.1 Å². The van der Waals surface area contributed by atoms with Gasteiger partial charge in [0, 0.05) is 5.69 Å². The van der Waals surface area contributed by atoms with Gasteiger partial charge in [-0.05, 0) is 29.7 Å². The van der Waals surface area contributed by atoms with E-state index in [9.17, 15) is 4.79 Å². The summed E-state index contributed by atoms with van der Waals surface area (Å²) in [4.78, 5) is 16.7. The highest BCUT2D eigenvalue weighted by atomic mass is 16.2. The molecule has 30 heavy (non-hydrogen) atoms. The maximum atomic E-state index is 12.9. The van der Waals surface area contributed by atoms with E-state index in [0.717, 1.165) is 37.3 Å². The highest BCUT2D eigenvalue weighted by Gasteiger charge is 2.24. The topological polar surface area (TPSA) is 36.8 Å². The van der Waals surface area contributed by atoms with Crippen molar-refractivity contribution in [1.29, 1.82) is 0 Å². The van der Waals surface area contributed by atoms with Crippen LogP contribution < -0.4 is 15.1 Å². The van der Waals surface area contributed by atoms with Crippen molar-refractivity contribution < 1.29 is 9.69 Å². The van der Waals surface area contributed by atoms with Crippen LogP contribution in [-0.4, -0.2) is 38.6 Å². The zero-order valence-corrected chi connectivity index (χ0v) is 17.6. The Kier molecular flexibility index (Phi) is 6.45. The van der Waals surface area contributed by atoms with Gasteiger partial charge in [-0.2, -0.15) is 0 Å². The van der Waals surface area contributed by atoms with Gasteiger partial charge in [0.2, 0.25) is 0 Å². The van der Waals surface area contributed by atoms with Gasteiger partial charge in [-0.3, -0.25) is 4.79 Å². The average molecular weight is 401 g/mol. The summed E-state index contributed by atoms with van der Waals surface area (Å²) in [5.41, 5.74) is 4.84. The van der Waals surface area contributed by atoms with Crippen molar-refractivity contribution >= 4 is 11.6 Å². The fraction of sp³-hybridized carbons (Fsp3) is 0.269. The first kappa shape index (κ1) is 20.2. The Labute approximate surface area is 179 Å². The molecular formula is C26H30N3O+. The molecule has 0 saturated carbocycles. The number of nitrogens with zero attached hydrogens (tertiary/aromatic N) is 1. The lowest BCUT2D eigenvalue weighted by molar-refractivity contribution is -0.892. The number of amides is 1. The minimum absolute atomic E-state index is 0.104. The summed E-state index contributed by atoms with van der Waals surface area (Å²) in [6, 6.07) is 28.8. The highest BCUT2D eigenvalue weighted by Crippen LogP contribution is 2.21. The molecule has 0 aliphatic carbocycles. The largest absolute Gasteiger partial charge is 0.360 e. The molecule has 1 saturated heterocycles.